The van der Waals surface area contributed by atoms with E-state index in [1.165, 1.54) is 16.7 Å². The molecule has 4 aromatic rings. The van der Waals surface area contributed by atoms with Crippen LogP contribution in [0.25, 0.3) is 0 Å². The standard InChI is InChI=1S/C20H18O4.C20H22O2.C2H6/c1-4-19(21)23-17-10-6-15(7-11-17)14(3)16-8-12-18(13-9-16)24-20(22)5-2;1-5-15-7-9-16(10-8-15)20(3,4)17-11-13-18(14-12-17)22-19(21)6-2;1-2/h4-14H,1-2H2,3H3;6-14H,2,5H2,1,3-4H3;1-2H3. The van der Waals surface area contributed by atoms with Crippen LogP contribution in [-0.4, -0.2) is 17.9 Å². The highest BCUT2D eigenvalue weighted by Crippen LogP contribution is 2.33. The van der Waals surface area contributed by atoms with Crippen LogP contribution in [0, 0.1) is 0 Å². The van der Waals surface area contributed by atoms with Crippen molar-refractivity contribution in [2.45, 2.75) is 59.3 Å². The SMILES string of the molecule is C=CC(=O)Oc1ccc(C(C)(C)c2ccc(CC)cc2)cc1.C=CC(=O)Oc1ccc(C(C)c2ccc(OC(=O)C=C)cc2)cc1.CC. The number of benzene rings is 4. The van der Waals surface area contributed by atoms with E-state index in [-0.39, 0.29) is 11.3 Å². The molecular formula is C42H46O6. The smallest absolute Gasteiger partial charge is 0.335 e. The number of rotatable bonds is 11. The lowest BCUT2D eigenvalue weighted by molar-refractivity contribution is -0.129. The van der Waals surface area contributed by atoms with Gasteiger partial charge >= 0.3 is 17.9 Å². The molecule has 0 bridgehead atoms. The fourth-order valence-electron chi connectivity index (χ4n) is 4.58. The van der Waals surface area contributed by atoms with Crippen molar-refractivity contribution in [1.82, 2.24) is 0 Å². The normalized spacial score (nSPS) is 10.2. The van der Waals surface area contributed by atoms with Crippen LogP contribution in [0.4, 0.5) is 0 Å². The van der Waals surface area contributed by atoms with Gasteiger partial charge in [0.25, 0.3) is 0 Å². The second kappa shape index (κ2) is 19.2. The Morgan fingerprint density at radius 1 is 0.583 bits per heavy atom. The molecule has 48 heavy (non-hydrogen) atoms. The summed E-state index contributed by atoms with van der Waals surface area (Å²) in [5.74, 6) is 0.206. The van der Waals surface area contributed by atoms with Crippen molar-refractivity contribution in [2.24, 2.45) is 0 Å². The average molecular weight is 647 g/mol. The van der Waals surface area contributed by atoms with Gasteiger partial charge in [-0.1, -0.05) is 122 Å². The molecule has 0 aliphatic rings. The van der Waals surface area contributed by atoms with E-state index in [0.29, 0.717) is 17.2 Å². The molecule has 0 radical (unpaired) electrons. The molecule has 0 unspecified atom stereocenters. The summed E-state index contributed by atoms with van der Waals surface area (Å²) in [6, 6.07) is 31.0. The van der Waals surface area contributed by atoms with Crippen LogP contribution in [0.1, 0.15) is 75.3 Å². The van der Waals surface area contributed by atoms with Gasteiger partial charge in [-0.15, -0.1) is 0 Å². The number of esters is 3. The van der Waals surface area contributed by atoms with Crippen LogP contribution < -0.4 is 14.2 Å². The summed E-state index contributed by atoms with van der Waals surface area (Å²) in [5.41, 5.74) is 5.82. The number of carbonyl (C=O) groups excluding carboxylic acids is 3. The Morgan fingerprint density at radius 2 is 0.875 bits per heavy atom. The van der Waals surface area contributed by atoms with Crippen molar-refractivity contribution in [3.63, 3.8) is 0 Å². The van der Waals surface area contributed by atoms with E-state index in [4.69, 9.17) is 14.2 Å². The van der Waals surface area contributed by atoms with Gasteiger partial charge in [-0.25, -0.2) is 14.4 Å². The number of ether oxygens (including phenoxy) is 3. The third-order valence-corrected chi connectivity index (χ3v) is 7.58. The highest BCUT2D eigenvalue weighted by molar-refractivity contribution is 5.84. The van der Waals surface area contributed by atoms with Crippen molar-refractivity contribution in [1.29, 1.82) is 0 Å². The summed E-state index contributed by atoms with van der Waals surface area (Å²) in [6.07, 6.45) is 4.45. The maximum atomic E-state index is 11.2. The first-order valence-electron chi connectivity index (χ1n) is 15.9. The van der Waals surface area contributed by atoms with Gasteiger partial charge in [0.1, 0.15) is 17.2 Å². The summed E-state index contributed by atoms with van der Waals surface area (Å²) in [7, 11) is 0. The molecule has 250 valence electrons. The quantitative estimate of drug-likeness (QED) is 0.0917. The minimum Gasteiger partial charge on any atom is -0.423 e. The van der Waals surface area contributed by atoms with Gasteiger partial charge in [0.15, 0.2) is 0 Å². The number of carbonyl (C=O) groups is 3. The van der Waals surface area contributed by atoms with Crippen molar-refractivity contribution in [3.8, 4) is 17.2 Å². The molecule has 6 nitrogen and oxygen atoms in total. The monoisotopic (exact) mass is 646 g/mol. The second-order valence-corrected chi connectivity index (χ2v) is 10.9. The predicted octanol–water partition coefficient (Wildman–Crippen LogP) is 9.71. The number of hydrogen-bond donors (Lipinski definition) is 0. The minimum atomic E-state index is -0.486. The number of aryl methyl sites for hydroxylation is 1. The second-order valence-electron chi connectivity index (χ2n) is 10.9. The minimum absolute atomic E-state index is 0.104. The summed E-state index contributed by atoms with van der Waals surface area (Å²) in [5, 5.41) is 0. The molecule has 0 aromatic heterocycles. The van der Waals surface area contributed by atoms with E-state index in [9.17, 15) is 14.4 Å². The van der Waals surface area contributed by atoms with Gasteiger partial charge in [-0.05, 0) is 70.6 Å². The highest BCUT2D eigenvalue weighted by atomic mass is 16.5. The summed E-state index contributed by atoms with van der Waals surface area (Å²) in [6.45, 7) is 22.7. The van der Waals surface area contributed by atoms with Gasteiger partial charge in [0.05, 0.1) is 0 Å². The molecule has 0 saturated carbocycles. The van der Waals surface area contributed by atoms with Gasteiger partial charge in [-0.2, -0.15) is 0 Å². The molecule has 0 atom stereocenters. The van der Waals surface area contributed by atoms with E-state index in [0.717, 1.165) is 35.8 Å². The summed E-state index contributed by atoms with van der Waals surface area (Å²) >= 11 is 0. The summed E-state index contributed by atoms with van der Waals surface area (Å²) in [4.78, 5) is 33.5. The third-order valence-electron chi connectivity index (χ3n) is 7.58. The van der Waals surface area contributed by atoms with Crippen LogP contribution in [-0.2, 0) is 26.2 Å². The van der Waals surface area contributed by atoms with Crippen molar-refractivity contribution < 1.29 is 28.6 Å². The molecular weight excluding hydrogens is 600 g/mol. The molecule has 6 heteroatoms. The first-order valence-corrected chi connectivity index (χ1v) is 15.9. The molecule has 0 amide bonds. The Bertz CT molecular complexity index is 1580. The first-order chi connectivity index (χ1) is 23.0. The van der Waals surface area contributed by atoms with E-state index in [2.05, 4.69) is 71.7 Å². The van der Waals surface area contributed by atoms with E-state index in [1.54, 1.807) is 24.3 Å². The van der Waals surface area contributed by atoms with E-state index in [1.807, 2.05) is 62.4 Å². The van der Waals surface area contributed by atoms with E-state index >= 15 is 0 Å². The molecule has 0 aliphatic heterocycles. The topological polar surface area (TPSA) is 78.9 Å². The Balaban J connectivity index is 0.000000318. The van der Waals surface area contributed by atoms with Gasteiger partial charge in [0.2, 0.25) is 0 Å². The largest absolute Gasteiger partial charge is 0.423 e. The van der Waals surface area contributed by atoms with Crippen LogP contribution in [0.2, 0.25) is 0 Å². The molecule has 0 spiro atoms. The lowest BCUT2D eigenvalue weighted by atomic mass is 9.78. The predicted molar refractivity (Wildman–Crippen MR) is 194 cm³/mol. The summed E-state index contributed by atoms with van der Waals surface area (Å²) < 4.78 is 15.2. The van der Waals surface area contributed by atoms with Crippen LogP contribution >= 0.6 is 0 Å². The maximum absolute atomic E-state index is 11.2. The molecule has 0 N–H and O–H groups in total. The molecule has 4 aromatic carbocycles. The zero-order chi connectivity index (χ0) is 35.7. The molecule has 0 heterocycles. The van der Waals surface area contributed by atoms with Crippen LogP contribution in [0.15, 0.2) is 135 Å². The molecule has 0 aliphatic carbocycles. The average Bonchev–Trinajstić information content (AvgIpc) is 3.13. The fraction of sp³-hybridized carbons (Fsp3) is 0.214. The lowest BCUT2D eigenvalue weighted by Gasteiger charge is -2.26. The Hall–Kier alpha value is -5.49. The zero-order valence-corrected chi connectivity index (χ0v) is 28.8. The Morgan fingerprint density at radius 3 is 1.17 bits per heavy atom. The van der Waals surface area contributed by atoms with Gasteiger partial charge < -0.3 is 14.2 Å². The first kappa shape index (κ1) is 38.7. The Labute approximate surface area is 285 Å². The van der Waals surface area contributed by atoms with Crippen molar-refractivity contribution in [2.75, 3.05) is 0 Å². The van der Waals surface area contributed by atoms with Crippen LogP contribution in [0.3, 0.4) is 0 Å². The molecule has 0 fully saturated rings. The molecule has 0 saturated heterocycles. The van der Waals surface area contributed by atoms with E-state index < -0.39 is 17.9 Å². The Kier molecular flexibility index (Phi) is 15.5. The van der Waals surface area contributed by atoms with Crippen LogP contribution in [0.5, 0.6) is 17.2 Å². The van der Waals surface area contributed by atoms with Crippen molar-refractivity contribution >= 4 is 17.9 Å². The van der Waals surface area contributed by atoms with Gasteiger partial charge in [-0.3, -0.25) is 0 Å². The maximum Gasteiger partial charge on any atom is 0.335 e. The van der Waals surface area contributed by atoms with Crippen molar-refractivity contribution in [3.05, 3.63) is 163 Å². The lowest BCUT2D eigenvalue weighted by Crippen LogP contribution is -2.18. The highest BCUT2D eigenvalue weighted by Gasteiger charge is 2.23. The fourth-order valence-corrected chi connectivity index (χ4v) is 4.58. The number of hydrogen-bond acceptors (Lipinski definition) is 6. The third kappa shape index (κ3) is 11.4. The molecule has 4 rings (SSSR count). The zero-order valence-electron chi connectivity index (χ0n) is 28.8. The van der Waals surface area contributed by atoms with Gasteiger partial charge in [0, 0.05) is 29.6 Å².